The minimum absolute atomic E-state index is 0.0622. The van der Waals surface area contributed by atoms with Crippen LogP contribution in [-0.2, 0) is 17.1 Å². The summed E-state index contributed by atoms with van der Waals surface area (Å²) < 4.78 is 28.6. The van der Waals surface area contributed by atoms with Crippen LogP contribution in [0.1, 0.15) is 0 Å². The second kappa shape index (κ2) is 4.58. The van der Waals surface area contributed by atoms with E-state index in [1.165, 1.54) is 23.1 Å². The van der Waals surface area contributed by atoms with Crippen LogP contribution in [0.2, 0.25) is 0 Å². The molecule has 96 valence electrons. The number of aryl methyl sites for hydroxylation is 1. The number of nitrogens with two attached hydrogens (primary N) is 1. The Labute approximate surface area is 112 Å². The lowest BCUT2D eigenvalue weighted by molar-refractivity contribution is 0.600. The number of hydrogen-bond acceptors (Lipinski definition) is 5. The first-order valence-electron chi connectivity index (χ1n) is 4.82. The molecule has 0 bridgehead atoms. The van der Waals surface area contributed by atoms with Crippen LogP contribution in [0.3, 0.4) is 0 Å². The number of hydrogen-bond donors (Lipinski definition) is 2. The number of nitrogen functional groups attached to an aromatic ring is 1. The van der Waals surface area contributed by atoms with E-state index < -0.39 is 10.0 Å². The highest BCUT2D eigenvalue weighted by molar-refractivity contribution is 9.10. The first kappa shape index (κ1) is 12.8. The van der Waals surface area contributed by atoms with Crippen molar-refractivity contribution in [3.63, 3.8) is 0 Å². The molecular weight excluding hydrogens is 322 g/mol. The van der Waals surface area contributed by atoms with Gasteiger partial charge in [0.1, 0.15) is 16.5 Å². The van der Waals surface area contributed by atoms with Gasteiger partial charge >= 0.3 is 0 Å². The lowest BCUT2D eigenvalue weighted by Gasteiger charge is -2.09. The van der Waals surface area contributed by atoms with Crippen molar-refractivity contribution in [3.8, 4) is 0 Å². The Kier molecular flexibility index (Phi) is 3.26. The summed E-state index contributed by atoms with van der Waals surface area (Å²) in [6, 6.07) is 2.93. The number of pyridine rings is 1. The molecule has 0 fully saturated rings. The topological polar surface area (TPSA) is 103 Å². The van der Waals surface area contributed by atoms with Gasteiger partial charge in [-0.3, -0.25) is 9.40 Å². The van der Waals surface area contributed by atoms with E-state index in [1.54, 1.807) is 13.1 Å². The quantitative estimate of drug-likeness (QED) is 0.871. The predicted molar refractivity (Wildman–Crippen MR) is 70.4 cm³/mol. The average Bonchev–Trinajstić information content (AvgIpc) is 2.67. The Morgan fingerprint density at radius 3 is 2.83 bits per heavy atom. The zero-order valence-corrected chi connectivity index (χ0v) is 11.7. The number of nitrogens with zero attached hydrogens (tertiary/aromatic N) is 3. The number of aromatic nitrogens is 3. The molecule has 3 N–H and O–H groups in total. The fourth-order valence-corrected chi connectivity index (χ4v) is 2.99. The Morgan fingerprint density at radius 2 is 2.22 bits per heavy atom. The minimum atomic E-state index is -3.79. The fraction of sp³-hybridized carbons (Fsp3) is 0.111. The summed E-state index contributed by atoms with van der Waals surface area (Å²) in [6.07, 6.45) is 2.92. The standard InChI is InChI=1S/C9H10BrN5O2S/c1-15-8(2-3-13-15)14-18(16,17)7-4-6(10)5-12-9(7)11/h2-5,14H,1H3,(H2,11,12). The maximum atomic E-state index is 12.1. The first-order chi connectivity index (χ1) is 8.40. The lowest BCUT2D eigenvalue weighted by Crippen LogP contribution is -2.17. The molecular formula is C9H10BrN5O2S. The molecule has 0 unspecified atom stereocenters. The summed E-state index contributed by atoms with van der Waals surface area (Å²) in [6.45, 7) is 0. The molecule has 18 heavy (non-hydrogen) atoms. The smallest absolute Gasteiger partial charge is 0.266 e. The summed E-state index contributed by atoms with van der Waals surface area (Å²) in [5.74, 6) is 0.280. The Balaban J connectivity index is 2.43. The monoisotopic (exact) mass is 331 g/mol. The molecule has 9 heteroatoms. The van der Waals surface area contributed by atoms with E-state index in [-0.39, 0.29) is 10.7 Å². The zero-order valence-electron chi connectivity index (χ0n) is 9.33. The van der Waals surface area contributed by atoms with Crippen molar-refractivity contribution in [1.82, 2.24) is 14.8 Å². The van der Waals surface area contributed by atoms with Crippen LogP contribution in [0.5, 0.6) is 0 Å². The van der Waals surface area contributed by atoms with Gasteiger partial charge in [-0.25, -0.2) is 13.4 Å². The van der Waals surface area contributed by atoms with Crippen LogP contribution < -0.4 is 10.5 Å². The van der Waals surface area contributed by atoms with Crippen molar-refractivity contribution in [2.75, 3.05) is 10.5 Å². The van der Waals surface area contributed by atoms with Crippen LogP contribution in [0, 0.1) is 0 Å². The number of anilines is 2. The van der Waals surface area contributed by atoms with Gasteiger partial charge in [-0.05, 0) is 22.0 Å². The molecule has 7 nitrogen and oxygen atoms in total. The Hall–Kier alpha value is -1.61. The van der Waals surface area contributed by atoms with Crippen molar-refractivity contribution in [2.45, 2.75) is 4.90 Å². The Morgan fingerprint density at radius 1 is 1.50 bits per heavy atom. The van der Waals surface area contributed by atoms with E-state index in [9.17, 15) is 8.42 Å². The second-order valence-corrected chi connectivity index (χ2v) is 6.05. The van der Waals surface area contributed by atoms with E-state index in [0.29, 0.717) is 10.3 Å². The normalized spacial score (nSPS) is 11.4. The van der Waals surface area contributed by atoms with Gasteiger partial charge in [0.15, 0.2) is 0 Å². The van der Waals surface area contributed by atoms with Crippen molar-refractivity contribution >= 4 is 37.6 Å². The maximum Gasteiger partial charge on any atom is 0.266 e. The van der Waals surface area contributed by atoms with Crippen LogP contribution >= 0.6 is 15.9 Å². The maximum absolute atomic E-state index is 12.1. The van der Waals surface area contributed by atoms with Crippen molar-refractivity contribution in [2.24, 2.45) is 7.05 Å². The molecule has 2 rings (SSSR count). The average molecular weight is 332 g/mol. The van der Waals surface area contributed by atoms with Crippen molar-refractivity contribution < 1.29 is 8.42 Å². The number of rotatable bonds is 3. The predicted octanol–water partition coefficient (Wildman–Crippen LogP) is 0.961. The molecule has 0 amide bonds. The zero-order chi connectivity index (χ0) is 13.3. The van der Waals surface area contributed by atoms with Crippen LogP contribution in [0.25, 0.3) is 0 Å². The molecule has 0 spiro atoms. The van der Waals surface area contributed by atoms with Crippen LogP contribution in [0.15, 0.2) is 33.9 Å². The summed E-state index contributed by atoms with van der Waals surface area (Å²) in [4.78, 5) is 3.70. The number of halogens is 1. The molecule has 2 heterocycles. The lowest BCUT2D eigenvalue weighted by atomic mass is 10.5. The second-order valence-electron chi connectivity index (χ2n) is 3.48. The molecule has 0 saturated heterocycles. The van der Waals surface area contributed by atoms with Gasteiger partial charge in [0, 0.05) is 23.8 Å². The third-order valence-corrected chi connectivity index (χ3v) is 4.02. The van der Waals surface area contributed by atoms with Gasteiger partial charge in [-0.15, -0.1) is 0 Å². The molecule has 0 saturated carbocycles. The summed E-state index contributed by atoms with van der Waals surface area (Å²) in [5, 5.41) is 3.87. The van der Waals surface area contributed by atoms with E-state index in [0.717, 1.165) is 0 Å². The Bertz CT molecular complexity index is 682. The third-order valence-electron chi connectivity index (χ3n) is 2.20. The highest BCUT2D eigenvalue weighted by atomic mass is 79.9. The van der Waals surface area contributed by atoms with E-state index in [2.05, 4.69) is 30.7 Å². The SMILES string of the molecule is Cn1nccc1NS(=O)(=O)c1cc(Br)cnc1N. The molecule has 0 radical (unpaired) electrons. The van der Waals surface area contributed by atoms with Gasteiger partial charge in [0.05, 0.1) is 6.20 Å². The molecule has 0 atom stereocenters. The summed E-state index contributed by atoms with van der Waals surface area (Å²) in [7, 11) is -2.16. The minimum Gasteiger partial charge on any atom is -0.383 e. The largest absolute Gasteiger partial charge is 0.383 e. The van der Waals surface area contributed by atoms with E-state index >= 15 is 0 Å². The molecule has 0 aliphatic heterocycles. The third kappa shape index (κ3) is 2.46. The van der Waals surface area contributed by atoms with E-state index in [1.807, 2.05) is 0 Å². The van der Waals surface area contributed by atoms with Gasteiger partial charge in [-0.1, -0.05) is 0 Å². The van der Waals surface area contributed by atoms with Crippen LogP contribution in [-0.4, -0.2) is 23.2 Å². The van der Waals surface area contributed by atoms with Crippen molar-refractivity contribution in [1.29, 1.82) is 0 Å². The van der Waals surface area contributed by atoms with Gasteiger partial charge in [0.25, 0.3) is 10.0 Å². The first-order valence-corrected chi connectivity index (χ1v) is 7.09. The molecule has 2 aromatic rings. The number of nitrogens with one attached hydrogen (secondary N) is 1. The molecule has 0 aliphatic rings. The number of sulfonamides is 1. The molecule has 2 aromatic heterocycles. The van der Waals surface area contributed by atoms with Gasteiger partial charge in [-0.2, -0.15) is 5.10 Å². The van der Waals surface area contributed by atoms with Gasteiger partial charge in [0.2, 0.25) is 0 Å². The summed E-state index contributed by atoms with van der Waals surface area (Å²) in [5.41, 5.74) is 5.57. The van der Waals surface area contributed by atoms with Gasteiger partial charge < -0.3 is 5.73 Å². The fourth-order valence-electron chi connectivity index (χ4n) is 1.31. The van der Waals surface area contributed by atoms with E-state index in [4.69, 9.17) is 5.73 Å². The molecule has 0 aliphatic carbocycles. The molecule has 0 aromatic carbocycles. The van der Waals surface area contributed by atoms with Crippen LogP contribution in [0.4, 0.5) is 11.6 Å². The highest BCUT2D eigenvalue weighted by Gasteiger charge is 2.20. The highest BCUT2D eigenvalue weighted by Crippen LogP contribution is 2.22. The van der Waals surface area contributed by atoms with Crippen molar-refractivity contribution in [3.05, 3.63) is 29.0 Å². The summed E-state index contributed by atoms with van der Waals surface area (Å²) >= 11 is 3.15.